The molecule has 0 N–H and O–H groups in total. The number of hydrogen-bond acceptors (Lipinski definition) is 1. The summed E-state index contributed by atoms with van der Waals surface area (Å²) in [5.74, 6) is 0. The number of nitrogens with zero attached hydrogens (tertiary/aromatic N) is 4. The molecular formula is C40H26N4. The summed E-state index contributed by atoms with van der Waals surface area (Å²) < 4.78 is 4.68. The SMILES string of the molecule is [C-]#[N+]c1ccc(C#N)cc1-c1cc(-n2c3ccccc3c3ccccc32)cc2c3ccccc3n(-c3c(C)cccc3C)c12. The van der Waals surface area contributed by atoms with Crippen LogP contribution in [0, 0.1) is 31.8 Å². The van der Waals surface area contributed by atoms with E-state index in [4.69, 9.17) is 6.57 Å². The van der Waals surface area contributed by atoms with E-state index >= 15 is 0 Å². The summed E-state index contributed by atoms with van der Waals surface area (Å²) in [4.78, 5) is 3.94. The first kappa shape index (κ1) is 25.6. The molecule has 0 radical (unpaired) electrons. The second-order valence-corrected chi connectivity index (χ2v) is 11.3. The van der Waals surface area contributed by atoms with E-state index in [0.717, 1.165) is 55.3 Å². The van der Waals surface area contributed by atoms with Crippen molar-refractivity contribution < 1.29 is 0 Å². The van der Waals surface area contributed by atoms with Gasteiger partial charge in [0, 0.05) is 27.2 Å². The van der Waals surface area contributed by atoms with E-state index in [1.807, 2.05) is 6.07 Å². The normalized spacial score (nSPS) is 11.4. The fourth-order valence-electron chi connectivity index (χ4n) is 6.93. The third-order valence-electron chi connectivity index (χ3n) is 8.79. The summed E-state index contributed by atoms with van der Waals surface area (Å²) in [7, 11) is 0. The van der Waals surface area contributed by atoms with Crippen molar-refractivity contribution in [3.8, 4) is 28.6 Å². The van der Waals surface area contributed by atoms with Crippen LogP contribution in [-0.4, -0.2) is 9.13 Å². The zero-order valence-electron chi connectivity index (χ0n) is 24.3. The highest BCUT2D eigenvalue weighted by atomic mass is 15.0. The van der Waals surface area contributed by atoms with E-state index in [9.17, 15) is 5.26 Å². The van der Waals surface area contributed by atoms with Gasteiger partial charge in [0.15, 0.2) is 5.69 Å². The second-order valence-electron chi connectivity index (χ2n) is 11.3. The van der Waals surface area contributed by atoms with Crippen molar-refractivity contribution in [3.63, 3.8) is 0 Å². The Hall–Kier alpha value is -6.10. The van der Waals surface area contributed by atoms with Crippen LogP contribution in [0.3, 0.4) is 0 Å². The second kappa shape index (κ2) is 9.73. The van der Waals surface area contributed by atoms with E-state index in [-0.39, 0.29) is 0 Å². The predicted molar refractivity (Wildman–Crippen MR) is 181 cm³/mol. The van der Waals surface area contributed by atoms with E-state index < -0.39 is 0 Å². The van der Waals surface area contributed by atoms with Crippen molar-refractivity contribution in [2.75, 3.05) is 0 Å². The molecule has 0 fully saturated rings. The summed E-state index contributed by atoms with van der Waals surface area (Å²) in [6.07, 6.45) is 0. The number of para-hydroxylation sites is 4. The number of rotatable bonds is 3. The number of aryl methyl sites for hydroxylation is 2. The lowest BCUT2D eigenvalue weighted by molar-refractivity contribution is 1.12. The Morgan fingerprint density at radius 2 is 1.16 bits per heavy atom. The molecule has 0 spiro atoms. The van der Waals surface area contributed by atoms with Crippen LogP contribution in [-0.2, 0) is 0 Å². The van der Waals surface area contributed by atoms with Crippen LogP contribution < -0.4 is 0 Å². The maximum atomic E-state index is 9.91. The molecule has 4 heteroatoms. The van der Waals surface area contributed by atoms with E-state index in [1.165, 1.54) is 21.9 Å². The predicted octanol–water partition coefficient (Wildman–Crippen LogP) is 10.6. The van der Waals surface area contributed by atoms with Gasteiger partial charge in [-0.3, -0.25) is 0 Å². The topological polar surface area (TPSA) is 38.0 Å². The first-order valence-corrected chi connectivity index (χ1v) is 14.6. The van der Waals surface area contributed by atoms with Gasteiger partial charge in [0.25, 0.3) is 0 Å². The number of aromatic nitrogens is 2. The van der Waals surface area contributed by atoms with Crippen LogP contribution in [0.5, 0.6) is 0 Å². The quantitative estimate of drug-likeness (QED) is 0.197. The summed E-state index contributed by atoms with van der Waals surface area (Å²) in [5.41, 5.74) is 11.5. The van der Waals surface area contributed by atoms with Crippen molar-refractivity contribution in [3.05, 3.63) is 149 Å². The Kier molecular flexibility index (Phi) is 5.66. The Balaban J connectivity index is 1.62. The highest BCUT2D eigenvalue weighted by Gasteiger charge is 2.23. The van der Waals surface area contributed by atoms with Gasteiger partial charge in [0.05, 0.1) is 46.0 Å². The molecule has 8 aromatic rings. The third-order valence-corrected chi connectivity index (χ3v) is 8.79. The van der Waals surface area contributed by atoms with Crippen LogP contribution in [0.1, 0.15) is 16.7 Å². The molecule has 6 aromatic carbocycles. The zero-order chi connectivity index (χ0) is 29.9. The summed E-state index contributed by atoms with van der Waals surface area (Å²) in [5, 5.41) is 14.5. The fraction of sp³-hybridized carbons (Fsp3) is 0.0500. The minimum absolute atomic E-state index is 0.517. The van der Waals surface area contributed by atoms with E-state index in [0.29, 0.717) is 11.3 Å². The lowest BCUT2D eigenvalue weighted by Crippen LogP contribution is -2.02. The maximum Gasteiger partial charge on any atom is 0.195 e. The molecule has 206 valence electrons. The molecule has 0 saturated heterocycles. The standard InChI is InChI=1S/C40H26N4/c1-25-11-10-12-26(2)39(25)44-38-18-9-6-15-31(38)33-22-28(23-34(40(33)44)32-21-27(24-41)19-20-35(32)42-3)43-36-16-7-4-13-29(36)30-14-5-8-17-37(30)43/h4-23H,1-2H3. The average molecular weight is 563 g/mol. The highest BCUT2D eigenvalue weighted by molar-refractivity contribution is 6.16. The number of nitriles is 1. The van der Waals surface area contributed by atoms with Crippen LogP contribution in [0.15, 0.2) is 121 Å². The molecule has 0 unspecified atom stereocenters. The van der Waals surface area contributed by atoms with E-state index in [1.54, 1.807) is 12.1 Å². The molecule has 0 aliphatic rings. The molecular weight excluding hydrogens is 536 g/mol. The lowest BCUT2D eigenvalue weighted by atomic mass is 9.97. The molecule has 0 saturated carbocycles. The molecule has 0 aliphatic carbocycles. The minimum Gasteiger partial charge on any atom is -0.309 e. The molecule has 2 heterocycles. The Morgan fingerprint density at radius 1 is 0.591 bits per heavy atom. The van der Waals surface area contributed by atoms with Crippen molar-refractivity contribution >= 4 is 49.3 Å². The Bertz CT molecular complexity index is 2470. The molecule has 0 bridgehead atoms. The largest absolute Gasteiger partial charge is 0.309 e. The average Bonchev–Trinajstić information content (AvgIpc) is 3.57. The van der Waals surface area contributed by atoms with Gasteiger partial charge >= 0.3 is 0 Å². The number of fused-ring (bicyclic) bond motifs is 6. The van der Waals surface area contributed by atoms with Crippen molar-refractivity contribution in [1.82, 2.24) is 9.13 Å². The van der Waals surface area contributed by atoms with Gasteiger partial charge in [-0.05, 0) is 72.5 Å². The van der Waals surface area contributed by atoms with Crippen molar-refractivity contribution in [1.29, 1.82) is 5.26 Å². The van der Waals surface area contributed by atoms with Gasteiger partial charge in [0.1, 0.15) is 0 Å². The first-order chi connectivity index (χ1) is 21.6. The van der Waals surface area contributed by atoms with Crippen molar-refractivity contribution in [2.45, 2.75) is 13.8 Å². The molecule has 2 aromatic heterocycles. The molecule has 8 rings (SSSR count). The van der Waals surface area contributed by atoms with Crippen LogP contribution >= 0.6 is 0 Å². The Labute approximate surface area is 255 Å². The molecule has 44 heavy (non-hydrogen) atoms. The van der Waals surface area contributed by atoms with Crippen LogP contribution in [0.25, 0.3) is 71.0 Å². The molecule has 4 nitrogen and oxygen atoms in total. The summed E-state index contributed by atoms with van der Waals surface area (Å²) in [6, 6.07) is 44.1. The third kappa shape index (κ3) is 3.62. The highest BCUT2D eigenvalue weighted by Crippen LogP contribution is 2.44. The summed E-state index contributed by atoms with van der Waals surface area (Å²) in [6.45, 7) is 12.4. The monoisotopic (exact) mass is 562 g/mol. The number of hydrogen-bond donors (Lipinski definition) is 0. The minimum atomic E-state index is 0.517. The van der Waals surface area contributed by atoms with Gasteiger partial charge < -0.3 is 9.13 Å². The fourth-order valence-corrected chi connectivity index (χ4v) is 6.93. The smallest absolute Gasteiger partial charge is 0.195 e. The number of benzene rings is 6. The lowest BCUT2D eigenvalue weighted by Gasteiger charge is -2.18. The summed E-state index contributed by atoms with van der Waals surface area (Å²) >= 11 is 0. The van der Waals surface area contributed by atoms with Gasteiger partial charge in [-0.15, -0.1) is 0 Å². The Morgan fingerprint density at radius 3 is 1.75 bits per heavy atom. The van der Waals surface area contributed by atoms with Crippen LogP contribution in [0.2, 0.25) is 0 Å². The van der Waals surface area contributed by atoms with Gasteiger partial charge in [0.2, 0.25) is 0 Å². The van der Waals surface area contributed by atoms with Crippen LogP contribution in [0.4, 0.5) is 5.69 Å². The van der Waals surface area contributed by atoms with Gasteiger partial charge in [-0.1, -0.05) is 84.9 Å². The maximum absolute atomic E-state index is 9.91. The molecule has 0 amide bonds. The zero-order valence-corrected chi connectivity index (χ0v) is 24.3. The molecule has 0 atom stereocenters. The van der Waals surface area contributed by atoms with Crippen molar-refractivity contribution in [2.24, 2.45) is 0 Å². The molecule has 0 aliphatic heterocycles. The van der Waals surface area contributed by atoms with Gasteiger partial charge in [-0.25, -0.2) is 4.85 Å². The van der Waals surface area contributed by atoms with Gasteiger partial charge in [-0.2, -0.15) is 5.26 Å². The first-order valence-electron chi connectivity index (χ1n) is 14.6. The van der Waals surface area contributed by atoms with E-state index in [2.05, 4.69) is 137 Å².